The quantitative estimate of drug-likeness (QED) is 0.397. The van der Waals surface area contributed by atoms with E-state index in [0.717, 1.165) is 30.0 Å². The highest BCUT2D eigenvalue weighted by molar-refractivity contribution is 5.76. The van der Waals surface area contributed by atoms with Crippen LogP contribution in [0.15, 0.2) is 63.7 Å². The molecule has 0 aliphatic carbocycles. The number of nitrogens with zero attached hydrogens (tertiary/aromatic N) is 5. The molecule has 2 aromatic heterocycles. The lowest BCUT2D eigenvalue weighted by Crippen LogP contribution is -2.48. The number of rotatable bonds is 7. The molecule has 0 radical (unpaired) electrons. The van der Waals surface area contributed by atoms with Gasteiger partial charge in [0.1, 0.15) is 0 Å². The van der Waals surface area contributed by atoms with Crippen molar-refractivity contribution in [1.82, 2.24) is 24.9 Å². The van der Waals surface area contributed by atoms with Gasteiger partial charge in [0.05, 0.1) is 12.7 Å². The molecule has 0 atom stereocenters. The summed E-state index contributed by atoms with van der Waals surface area (Å²) in [4.78, 5) is 25.8. The van der Waals surface area contributed by atoms with E-state index in [9.17, 15) is 4.79 Å². The molecule has 180 valence electrons. The van der Waals surface area contributed by atoms with Gasteiger partial charge in [-0.3, -0.25) is 9.69 Å². The van der Waals surface area contributed by atoms with Crippen LogP contribution in [-0.4, -0.2) is 57.0 Å². The van der Waals surface area contributed by atoms with E-state index in [0.29, 0.717) is 50.1 Å². The first-order chi connectivity index (χ1) is 17.0. The van der Waals surface area contributed by atoms with Crippen molar-refractivity contribution >= 4 is 5.91 Å². The molecule has 0 saturated carbocycles. The Balaban J connectivity index is 1.08. The van der Waals surface area contributed by atoms with E-state index >= 15 is 0 Å². The van der Waals surface area contributed by atoms with Gasteiger partial charge in [-0.15, -0.1) is 0 Å². The first-order valence-corrected chi connectivity index (χ1v) is 11.9. The molecule has 5 rings (SSSR count). The molecule has 0 spiro atoms. The number of benzene rings is 2. The molecule has 35 heavy (non-hydrogen) atoms. The number of carbonyl (C=O) groups is 1. The molecule has 0 bridgehead atoms. The zero-order valence-corrected chi connectivity index (χ0v) is 20.1. The summed E-state index contributed by atoms with van der Waals surface area (Å²) in [5, 5.41) is 4.11. The minimum absolute atomic E-state index is 0.124. The molecule has 1 saturated heterocycles. The van der Waals surface area contributed by atoms with Gasteiger partial charge in [0.15, 0.2) is 11.7 Å². The maximum atomic E-state index is 12.7. The van der Waals surface area contributed by atoms with Crippen molar-refractivity contribution in [3.63, 3.8) is 0 Å². The summed E-state index contributed by atoms with van der Waals surface area (Å²) in [6.07, 6.45) is 2.61. The van der Waals surface area contributed by atoms with Crippen LogP contribution in [0.1, 0.15) is 29.3 Å². The third-order valence-corrected chi connectivity index (χ3v) is 6.30. The van der Waals surface area contributed by atoms with Crippen molar-refractivity contribution in [2.45, 2.75) is 33.2 Å². The zero-order valence-electron chi connectivity index (χ0n) is 20.1. The number of hydrogen-bond acceptors (Lipinski definition) is 7. The summed E-state index contributed by atoms with van der Waals surface area (Å²) in [7, 11) is 0. The Labute approximate surface area is 204 Å². The fourth-order valence-electron chi connectivity index (χ4n) is 4.13. The predicted octanol–water partition coefficient (Wildman–Crippen LogP) is 4.29. The van der Waals surface area contributed by atoms with Crippen LogP contribution in [0.2, 0.25) is 0 Å². The van der Waals surface area contributed by atoms with E-state index in [1.807, 2.05) is 60.4 Å². The first-order valence-electron chi connectivity index (χ1n) is 11.9. The lowest BCUT2D eigenvalue weighted by Gasteiger charge is -2.33. The predicted molar refractivity (Wildman–Crippen MR) is 131 cm³/mol. The van der Waals surface area contributed by atoms with Gasteiger partial charge in [-0.1, -0.05) is 64.8 Å². The van der Waals surface area contributed by atoms with Crippen molar-refractivity contribution in [2.24, 2.45) is 0 Å². The lowest BCUT2D eigenvalue weighted by atomic mass is 10.1. The Morgan fingerprint density at radius 1 is 0.886 bits per heavy atom. The molecule has 8 nitrogen and oxygen atoms in total. The third-order valence-electron chi connectivity index (χ3n) is 6.30. The molecule has 4 aromatic rings. The number of carbonyl (C=O) groups excluding carboxylic acids is 1. The molecule has 1 amide bonds. The average molecular weight is 472 g/mol. The summed E-state index contributed by atoms with van der Waals surface area (Å²) in [5.74, 6) is 2.64. The molecule has 2 aromatic carbocycles. The highest BCUT2D eigenvalue weighted by Crippen LogP contribution is 2.22. The minimum atomic E-state index is 0.124. The molecule has 1 fully saturated rings. The first kappa shape index (κ1) is 23.0. The fraction of sp³-hybridized carbons (Fsp3) is 0.333. The van der Waals surface area contributed by atoms with Crippen LogP contribution in [0.25, 0.3) is 22.7 Å². The standard InChI is InChI=1S/C27H29N5O3/c1-19-3-7-21(8-4-19)23-17-28-24(34-23)11-12-26(33)32-15-13-31(14-16-32)18-25-29-27(30-35-25)22-9-5-20(2)6-10-22/h3-10,17H,11-16,18H2,1-2H3. The number of aryl methyl sites for hydroxylation is 3. The Bertz CT molecular complexity index is 1270. The maximum Gasteiger partial charge on any atom is 0.241 e. The minimum Gasteiger partial charge on any atom is -0.441 e. The SMILES string of the molecule is Cc1ccc(-c2noc(CN3CCN(C(=O)CCc4ncc(-c5ccc(C)cc5)o4)CC3)n2)cc1. The average Bonchev–Trinajstić information content (AvgIpc) is 3.54. The van der Waals surface area contributed by atoms with Crippen LogP contribution < -0.4 is 0 Å². The van der Waals surface area contributed by atoms with E-state index in [-0.39, 0.29) is 5.91 Å². The molecule has 0 unspecified atom stereocenters. The number of hydrogen-bond donors (Lipinski definition) is 0. The van der Waals surface area contributed by atoms with E-state index in [2.05, 4.69) is 26.9 Å². The lowest BCUT2D eigenvalue weighted by molar-refractivity contribution is -0.133. The maximum absolute atomic E-state index is 12.7. The van der Waals surface area contributed by atoms with Gasteiger partial charge >= 0.3 is 0 Å². The largest absolute Gasteiger partial charge is 0.441 e. The van der Waals surface area contributed by atoms with Crippen molar-refractivity contribution < 1.29 is 13.7 Å². The number of aromatic nitrogens is 3. The van der Waals surface area contributed by atoms with Gasteiger partial charge in [-0.25, -0.2) is 4.98 Å². The Morgan fingerprint density at radius 2 is 1.54 bits per heavy atom. The molecular formula is C27H29N5O3. The van der Waals surface area contributed by atoms with Crippen LogP contribution in [0.4, 0.5) is 0 Å². The van der Waals surface area contributed by atoms with Crippen LogP contribution in [-0.2, 0) is 17.8 Å². The molecule has 1 aliphatic heterocycles. The monoisotopic (exact) mass is 471 g/mol. The van der Waals surface area contributed by atoms with Gasteiger partial charge < -0.3 is 13.8 Å². The summed E-state index contributed by atoms with van der Waals surface area (Å²) in [6.45, 7) is 7.57. The normalized spacial score (nSPS) is 14.4. The van der Waals surface area contributed by atoms with E-state index in [4.69, 9.17) is 8.94 Å². The smallest absolute Gasteiger partial charge is 0.241 e. The summed E-state index contributed by atoms with van der Waals surface area (Å²) < 4.78 is 11.3. The molecule has 1 aliphatic rings. The third kappa shape index (κ3) is 5.66. The van der Waals surface area contributed by atoms with Crippen LogP contribution >= 0.6 is 0 Å². The van der Waals surface area contributed by atoms with E-state index in [1.54, 1.807) is 6.20 Å². The number of piperazine rings is 1. The number of oxazole rings is 1. The summed E-state index contributed by atoms with van der Waals surface area (Å²) in [6, 6.07) is 16.2. The van der Waals surface area contributed by atoms with Crippen molar-refractivity contribution in [2.75, 3.05) is 26.2 Å². The molecule has 0 N–H and O–H groups in total. The van der Waals surface area contributed by atoms with Crippen molar-refractivity contribution in [1.29, 1.82) is 0 Å². The van der Waals surface area contributed by atoms with Crippen LogP contribution in [0.5, 0.6) is 0 Å². The van der Waals surface area contributed by atoms with Gasteiger partial charge in [0, 0.05) is 50.1 Å². The Morgan fingerprint density at radius 3 is 2.23 bits per heavy atom. The van der Waals surface area contributed by atoms with Crippen molar-refractivity contribution in [3.8, 4) is 22.7 Å². The zero-order chi connectivity index (χ0) is 24.2. The van der Waals surface area contributed by atoms with Gasteiger partial charge in [-0.2, -0.15) is 4.98 Å². The summed E-state index contributed by atoms with van der Waals surface area (Å²) in [5.41, 5.74) is 4.32. The molecular weight excluding hydrogens is 442 g/mol. The summed E-state index contributed by atoms with van der Waals surface area (Å²) >= 11 is 0. The highest BCUT2D eigenvalue weighted by atomic mass is 16.5. The van der Waals surface area contributed by atoms with E-state index < -0.39 is 0 Å². The fourth-order valence-corrected chi connectivity index (χ4v) is 4.13. The second kappa shape index (κ2) is 10.2. The molecule has 8 heteroatoms. The van der Waals surface area contributed by atoms with Crippen molar-refractivity contribution in [3.05, 3.63) is 77.6 Å². The van der Waals surface area contributed by atoms with Gasteiger partial charge in [-0.05, 0) is 13.8 Å². The topological polar surface area (TPSA) is 88.5 Å². The highest BCUT2D eigenvalue weighted by Gasteiger charge is 2.23. The molecule has 3 heterocycles. The Kier molecular flexibility index (Phi) is 6.72. The second-order valence-corrected chi connectivity index (χ2v) is 9.02. The van der Waals surface area contributed by atoms with E-state index in [1.165, 1.54) is 11.1 Å². The van der Waals surface area contributed by atoms with Crippen LogP contribution in [0, 0.1) is 13.8 Å². The Hall–Kier alpha value is -3.78. The second-order valence-electron chi connectivity index (χ2n) is 9.02. The number of amides is 1. The van der Waals surface area contributed by atoms with Crippen LogP contribution in [0.3, 0.4) is 0 Å². The van der Waals surface area contributed by atoms with Gasteiger partial charge in [0.25, 0.3) is 0 Å². The van der Waals surface area contributed by atoms with Gasteiger partial charge in [0.2, 0.25) is 17.6 Å².